The lowest BCUT2D eigenvalue weighted by Gasteiger charge is -2.09. The number of hydrogen-bond acceptors (Lipinski definition) is 4. The van der Waals surface area contributed by atoms with Crippen LogP contribution in [-0.2, 0) is 4.74 Å². The minimum absolute atomic E-state index is 0.163. The summed E-state index contributed by atoms with van der Waals surface area (Å²) in [5, 5.41) is 11.6. The van der Waals surface area contributed by atoms with E-state index in [0.717, 1.165) is 12.3 Å². The van der Waals surface area contributed by atoms with Gasteiger partial charge in [-0.3, -0.25) is 0 Å². The van der Waals surface area contributed by atoms with Gasteiger partial charge in [-0.25, -0.2) is 0 Å². The number of benzene rings is 1. The van der Waals surface area contributed by atoms with Gasteiger partial charge in [0.25, 0.3) is 0 Å². The molecule has 0 amide bonds. The molecule has 4 nitrogen and oxygen atoms in total. The zero-order valence-electron chi connectivity index (χ0n) is 11.2. The fourth-order valence-electron chi connectivity index (χ4n) is 1.69. The van der Waals surface area contributed by atoms with E-state index in [-0.39, 0.29) is 6.61 Å². The third-order valence-corrected chi connectivity index (χ3v) is 2.40. The minimum Gasteiger partial charge on any atom is -0.491 e. The monoisotopic (exact) mass is 253 g/mol. The molecular formula is C14H23NO3. The molecule has 0 aliphatic heterocycles. The number of aliphatic hydroxyl groups is 1. The molecule has 0 aromatic heterocycles. The molecule has 2 N–H and O–H groups in total. The Morgan fingerprint density at radius 2 is 1.72 bits per heavy atom. The predicted molar refractivity (Wildman–Crippen MR) is 72.2 cm³/mol. The van der Waals surface area contributed by atoms with E-state index >= 15 is 0 Å². The molecule has 1 rings (SSSR count). The first-order valence-corrected chi connectivity index (χ1v) is 6.33. The molecule has 0 spiro atoms. The van der Waals surface area contributed by atoms with E-state index in [0.29, 0.717) is 26.4 Å². The van der Waals surface area contributed by atoms with E-state index in [1.165, 1.54) is 11.1 Å². The van der Waals surface area contributed by atoms with Crippen LogP contribution in [0.5, 0.6) is 5.75 Å². The van der Waals surface area contributed by atoms with Gasteiger partial charge < -0.3 is 19.9 Å². The Kier molecular flexibility index (Phi) is 7.41. The van der Waals surface area contributed by atoms with Gasteiger partial charge in [0.15, 0.2) is 0 Å². The van der Waals surface area contributed by atoms with Gasteiger partial charge in [-0.15, -0.1) is 0 Å². The summed E-state index contributed by atoms with van der Waals surface area (Å²) in [7, 11) is 0. The van der Waals surface area contributed by atoms with Gasteiger partial charge in [0.1, 0.15) is 12.4 Å². The highest BCUT2D eigenvalue weighted by Gasteiger charge is 1.97. The zero-order valence-corrected chi connectivity index (χ0v) is 11.2. The molecule has 0 saturated heterocycles. The van der Waals surface area contributed by atoms with Crippen LogP contribution in [0.25, 0.3) is 0 Å². The number of aryl methyl sites for hydroxylation is 2. The van der Waals surface area contributed by atoms with Gasteiger partial charge in [-0.1, -0.05) is 6.07 Å². The lowest BCUT2D eigenvalue weighted by Crippen LogP contribution is -2.23. The van der Waals surface area contributed by atoms with Crippen molar-refractivity contribution >= 4 is 0 Å². The summed E-state index contributed by atoms with van der Waals surface area (Å²) in [5.41, 5.74) is 2.42. The fraction of sp³-hybridized carbons (Fsp3) is 0.571. The van der Waals surface area contributed by atoms with Gasteiger partial charge >= 0.3 is 0 Å². The van der Waals surface area contributed by atoms with Crippen molar-refractivity contribution < 1.29 is 14.6 Å². The van der Waals surface area contributed by atoms with Crippen LogP contribution in [0.2, 0.25) is 0 Å². The fourth-order valence-corrected chi connectivity index (χ4v) is 1.69. The van der Waals surface area contributed by atoms with E-state index in [1.54, 1.807) is 0 Å². The van der Waals surface area contributed by atoms with Crippen LogP contribution >= 0.6 is 0 Å². The Bertz CT molecular complexity index is 322. The van der Waals surface area contributed by atoms with Crippen LogP contribution in [-0.4, -0.2) is 44.6 Å². The first-order chi connectivity index (χ1) is 8.72. The molecule has 0 unspecified atom stereocenters. The lowest BCUT2D eigenvalue weighted by atomic mass is 10.1. The third-order valence-electron chi connectivity index (χ3n) is 2.40. The summed E-state index contributed by atoms with van der Waals surface area (Å²) in [6, 6.07) is 6.17. The summed E-state index contributed by atoms with van der Waals surface area (Å²) < 4.78 is 11.0. The molecule has 102 valence electrons. The maximum absolute atomic E-state index is 8.55. The molecule has 0 fully saturated rings. The van der Waals surface area contributed by atoms with E-state index in [9.17, 15) is 0 Å². The van der Waals surface area contributed by atoms with Gasteiger partial charge in [-0.2, -0.15) is 0 Å². The molecule has 0 aliphatic carbocycles. The number of rotatable bonds is 9. The SMILES string of the molecule is Cc1cc(C)cc(OCCOCCNCCO)c1. The maximum Gasteiger partial charge on any atom is 0.119 e. The van der Waals surface area contributed by atoms with Crippen molar-refractivity contribution in [2.24, 2.45) is 0 Å². The summed E-state index contributed by atoms with van der Waals surface area (Å²) >= 11 is 0. The highest BCUT2D eigenvalue weighted by molar-refractivity contribution is 5.32. The largest absolute Gasteiger partial charge is 0.491 e. The maximum atomic E-state index is 8.55. The average Bonchev–Trinajstić information content (AvgIpc) is 2.31. The average molecular weight is 253 g/mol. The van der Waals surface area contributed by atoms with Crippen molar-refractivity contribution in [3.63, 3.8) is 0 Å². The van der Waals surface area contributed by atoms with Crippen LogP contribution in [0.15, 0.2) is 18.2 Å². The summed E-state index contributed by atoms with van der Waals surface area (Å²) in [6.07, 6.45) is 0. The molecule has 0 bridgehead atoms. The molecule has 0 radical (unpaired) electrons. The quantitative estimate of drug-likeness (QED) is 0.651. The summed E-state index contributed by atoms with van der Waals surface area (Å²) in [6.45, 7) is 7.42. The van der Waals surface area contributed by atoms with Crippen LogP contribution in [0.1, 0.15) is 11.1 Å². The number of ether oxygens (including phenoxy) is 2. The van der Waals surface area contributed by atoms with Crippen LogP contribution in [0.3, 0.4) is 0 Å². The van der Waals surface area contributed by atoms with Crippen molar-refractivity contribution in [1.82, 2.24) is 5.32 Å². The minimum atomic E-state index is 0.163. The standard InChI is InChI=1S/C14H23NO3/c1-12-9-13(2)11-14(10-12)18-8-7-17-6-4-15-3-5-16/h9-11,15-16H,3-8H2,1-2H3. The molecule has 1 aromatic rings. The smallest absolute Gasteiger partial charge is 0.119 e. The number of aliphatic hydroxyl groups excluding tert-OH is 1. The highest BCUT2D eigenvalue weighted by Crippen LogP contribution is 2.15. The first kappa shape index (κ1) is 15.0. The highest BCUT2D eigenvalue weighted by atomic mass is 16.5. The second kappa shape index (κ2) is 8.91. The van der Waals surface area contributed by atoms with Gasteiger partial charge in [0.05, 0.1) is 19.8 Å². The number of nitrogens with one attached hydrogen (secondary N) is 1. The molecule has 0 aliphatic rings. The Morgan fingerprint density at radius 3 is 2.39 bits per heavy atom. The second-order valence-corrected chi connectivity index (χ2v) is 4.26. The van der Waals surface area contributed by atoms with Crippen molar-refractivity contribution in [3.8, 4) is 5.75 Å². The second-order valence-electron chi connectivity index (χ2n) is 4.26. The van der Waals surface area contributed by atoms with Gasteiger partial charge in [-0.05, 0) is 37.1 Å². The van der Waals surface area contributed by atoms with E-state index in [4.69, 9.17) is 14.6 Å². The predicted octanol–water partition coefficient (Wildman–Crippen LogP) is 1.28. The molecule has 0 atom stereocenters. The topological polar surface area (TPSA) is 50.7 Å². The third kappa shape index (κ3) is 6.59. The molecule has 4 heteroatoms. The normalized spacial score (nSPS) is 10.6. The van der Waals surface area contributed by atoms with Gasteiger partial charge in [0, 0.05) is 13.1 Å². The molecule has 0 heterocycles. The van der Waals surface area contributed by atoms with E-state index in [1.807, 2.05) is 12.1 Å². The van der Waals surface area contributed by atoms with Crippen molar-refractivity contribution in [2.75, 3.05) is 39.5 Å². The van der Waals surface area contributed by atoms with Crippen LogP contribution in [0, 0.1) is 13.8 Å². The number of hydrogen-bond donors (Lipinski definition) is 2. The van der Waals surface area contributed by atoms with Crippen LogP contribution in [0.4, 0.5) is 0 Å². The molecule has 18 heavy (non-hydrogen) atoms. The van der Waals surface area contributed by atoms with Crippen molar-refractivity contribution in [3.05, 3.63) is 29.3 Å². The zero-order chi connectivity index (χ0) is 13.2. The Balaban J connectivity index is 2.07. The lowest BCUT2D eigenvalue weighted by molar-refractivity contribution is 0.101. The Morgan fingerprint density at radius 1 is 1.00 bits per heavy atom. The molecular weight excluding hydrogens is 230 g/mol. The molecule has 0 saturated carbocycles. The first-order valence-electron chi connectivity index (χ1n) is 6.33. The van der Waals surface area contributed by atoms with E-state index in [2.05, 4.69) is 25.2 Å². The van der Waals surface area contributed by atoms with Crippen molar-refractivity contribution in [1.29, 1.82) is 0 Å². The van der Waals surface area contributed by atoms with Crippen LogP contribution < -0.4 is 10.1 Å². The Labute approximate surface area is 109 Å². The summed E-state index contributed by atoms with van der Waals surface area (Å²) in [4.78, 5) is 0. The van der Waals surface area contributed by atoms with Gasteiger partial charge in [0.2, 0.25) is 0 Å². The molecule has 1 aromatic carbocycles. The Hall–Kier alpha value is -1.10. The van der Waals surface area contributed by atoms with E-state index < -0.39 is 0 Å². The summed E-state index contributed by atoms with van der Waals surface area (Å²) in [5.74, 6) is 0.898. The van der Waals surface area contributed by atoms with Crippen molar-refractivity contribution in [2.45, 2.75) is 13.8 Å².